The number of para-hydroxylation sites is 1. The van der Waals surface area contributed by atoms with Crippen molar-refractivity contribution in [2.45, 2.75) is 13.3 Å². The Kier molecular flexibility index (Phi) is 2.31. The minimum atomic E-state index is -0.600. The van der Waals surface area contributed by atoms with E-state index in [0.29, 0.717) is 12.2 Å². The van der Waals surface area contributed by atoms with E-state index >= 15 is 0 Å². The predicted octanol–water partition coefficient (Wildman–Crippen LogP) is 1.82. The molecule has 0 amide bonds. The Balaban J connectivity index is 2.03. The molecular weight excluding hydrogens is 192 g/mol. The maximum atomic E-state index is 11.7. The van der Waals surface area contributed by atoms with Gasteiger partial charge in [0, 0.05) is 5.92 Å². The number of carbonyl (C=O) groups is 2. The molecule has 0 bridgehead atoms. The highest BCUT2D eigenvalue weighted by atomic mass is 16.5. The Morgan fingerprint density at radius 1 is 1.47 bits per heavy atom. The number of aldehydes is 1. The van der Waals surface area contributed by atoms with Crippen molar-refractivity contribution in [3.8, 4) is 5.75 Å². The third-order valence-corrected chi connectivity index (χ3v) is 2.89. The van der Waals surface area contributed by atoms with E-state index in [1.54, 1.807) is 31.2 Å². The normalized spacial score (nSPS) is 28.2. The fraction of sp³-hybridized carbons (Fsp3) is 0.333. The van der Waals surface area contributed by atoms with Crippen LogP contribution >= 0.6 is 0 Å². The van der Waals surface area contributed by atoms with Gasteiger partial charge in [-0.05, 0) is 25.5 Å². The van der Waals surface area contributed by atoms with Gasteiger partial charge in [-0.25, -0.2) is 0 Å². The first-order chi connectivity index (χ1) is 7.16. The molecule has 1 aromatic carbocycles. The van der Waals surface area contributed by atoms with Gasteiger partial charge >= 0.3 is 5.97 Å². The Bertz CT molecular complexity index is 385. The molecule has 1 saturated carbocycles. The van der Waals surface area contributed by atoms with E-state index in [2.05, 4.69) is 0 Å². The maximum absolute atomic E-state index is 11.7. The van der Waals surface area contributed by atoms with Crippen LogP contribution in [-0.2, 0) is 9.59 Å². The van der Waals surface area contributed by atoms with Gasteiger partial charge in [-0.1, -0.05) is 18.2 Å². The largest absolute Gasteiger partial charge is 0.426 e. The lowest BCUT2D eigenvalue weighted by Gasteiger charge is -2.08. The Hall–Kier alpha value is -1.64. The number of esters is 1. The molecule has 2 atom stereocenters. The highest BCUT2D eigenvalue weighted by Crippen LogP contribution is 2.51. The molecule has 1 aromatic rings. The molecule has 2 rings (SSSR count). The van der Waals surface area contributed by atoms with Crippen LogP contribution in [0.25, 0.3) is 0 Å². The quantitative estimate of drug-likeness (QED) is 0.428. The van der Waals surface area contributed by atoms with E-state index in [-0.39, 0.29) is 11.9 Å². The van der Waals surface area contributed by atoms with Crippen LogP contribution in [0.5, 0.6) is 5.75 Å². The molecular formula is C12H12O3. The lowest BCUT2D eigenvalue weighted by molar-refractivity contribution is -0.141. The van der Waals surface area contributed by atoms with Gasteiger partial charge in [0.2, 0.25) is 0 Å². The zero-order valence-electron chi connectivity index (χ0n) is 8.47. The highest BCUT2D eigenvalue weighted by Gasteiger charge is 2.57. The van der Waals surface area contributed by atoms with Gasteiger partial charge in [0.15, 0.2) is 0 Å². The Morgan fingerprint density at radius 2 is 2.13 bits per heavy atom. The van der Waals surface area contributed by atoms with Gasteiger partial charge in [0.05, 0.1) is 5.41 Å². The fourth-order valence-corrected chi connectivity index (χ4v) is 1.54. The van der Waals surface area contributed by atoms with Crippen molar-refractivity contribution in [1.82, 2.24) is 0 Å². The number of hydrogen-bond donors (Lipinski definition) is 0. The topological polar surface area (TPSA) is 43.4 Å². The van der Waals surface area contributed by atoms with Crippen molar-refractivity contribution in [3.63, 3.8) is 0 Å². The lowest BCUT2D eigenvalue weighted by atomic mass is 10.1. The molecule has 0 aromatic heterocycles. The number of rotatable bonds is 3. The van der Waals surface area contributed by atoms with Gasteiger partial charge in [0.25, 0.3) is 0 Å². The summed E-state index contributed by atoms with van der Waals surface area (Å²) in [7, 11) is 0. The van der Waals surface area contributed by atoms with Crippen LogP contribution in [0.2, 0.25) is 0 Å². The first kappa shape index (κ1) is 9.90. The second-order valence-corrected chi connectivity index (χ2v) is 4.07. The van der Waals surface area contributed by atoms with Crippen molar-refractivity contribution in [2.75, 3.05) is 0 Å². The van der Waals surface area contributed by atoms with Crippen LogP contribution in [0.15, 0.2) is 30.3 Å². The molecule has 1 aliphatic rings. The average Bonchev–Trinajstić information content (AvgIpc) is 2.93. The Morgan fingerprint density at radius 3 is 2.67 bits per heavy atom. The summed E-state index contributed by atoms with van der Waals surface area (Å²) in [6.07, 6.45) is 1.43. The van der Waals surface area contributed by atoms with Gasteiger partial charge in [-0.3, -0.25) is 4.79 Å². The molecule has 78 valence electrons. The second kappa shape index (κ2) is 3.50. The van der Waals surface area contributed by atoms with Crippen LogP contribution in [0.1, 0.15) is 13.3 Å². The summed E-state index contributed by atoms with van der Waals surface area (Å²) in [5, 5.41) is 0. The van der Waals surface area contributed by atoms with Crippen LogP contribution in [0, 0.1) is 11.3 Å². The minimum Gasteiger partial charge on any atom is -0.426 e. The van der Waals surface area contributed by atoms with Gasteiger partial charge in [-0.15, -0.1) is 0 Å². The number of ether oxygens (including phenoxy) is 1. The van der Waals surface area contributed by atoms with Crippen molar-refractivity contribution in [3.05, 3.63) is 30.3 Å². The average molecular weight is 204 g/mol. The first-order valence-electron chi connectivity index (χ1n) is 4.89. The third kappa shape index (κ3) is 1.77. The lowest BCUT2D eigenvalue weighted by Crippen LogP contribution is -2.21. The van der Waals surface area contributed by atoms with Crippen molar-refractivity contribution >= 4 is 12.3 Å². The summed E-state index contributed by atoms with van der Waals surface area (Å²) < 4.78 is 5.18. The van der Waals surface area contributed by atoms with E-state index in [9.17, 15) is 9.59 Å². The van der Waals surface area contributed by atoms with Crippen molar-refractivity contribution in [2.24, 2.45) is 11.3 Å². The van der Waals surface area contributed by atoms with E-state index in [0.717, 1.165) is 6.29 Å². The third-order valence-electron chi connectivity index (χ3n) is 2.89. The molecule has 0 saturated heterocycles. The van der Waals surface area contributed by atoms with Gasteiger partial charge in [-0.2, -0.15) is 0 Å². The molecule has 15 heavy (non-hydrogen) atoms. The zero-order chi connectivity index (χ0) is 10.9. The van der Waals surface area contributed by atoms with Gasteiger partial charge in [0.1, 0.15) is 12.0 Å². The van der Waals surface area contributed by atoms with Crippen LogP contribution in [0.3, 0.4) is 0 Å². The highest BCUT2D eigenvalue weighted by molar-refractivity contribution is 5.87. The summed E-state index contributed by atoms with van der Waals surface area (Å²) in [5.74, 6) is 0.0415. The van der Waals surface area contributed by atoms with Crippen LogP contribution in [0.4, 0.5) is 0 Å². The number of carbonyl (C=O) groups excluding carboxylic acids is 2. The fourth-order valence-electron chi connectivity index (χ4n) is 1.54. The van der Waals surface area contributed by atoms with E-state index < -0.39 is 5.41 Å². The van der Waals surface area contributed by atoms with Crippen molar-refractivity contribution < 1.29 is 14.3 Å². The molecule has 0 radical (unpaired) electrons. The minimum absolute atomic E-state index is 0.172. The van der Waals surface area contributed by atoms with E-state index in [1.165, 1.54) is 0 Å². The van der Waals surface area contributed by atoms with Crippen molar-refractivity contribution in [1.29, 1.82) is 0 Å². The summed E-state index contributed by atoms with van der Waals surface area (Å²) in [6, 6.07) is 8.90. The standard InChI is InChI=1S/C12H12O3/c1-12(7-9(12)8-13)11(14)15-10-5-3-2-4-6-10/h2-6,8-9H,7H2,1H3. The molecule has 0 spiro atoms. The number of hydrogen-bond acceptors (Lipinski definition) is 3. The molecule has 1 aliphatic carbocycles. The Labute approximate surface area is 88.1 Å². The van der Waals surface area contributed by atoms with E-state index in [1.807, 2.05) is 6.07 Å². The van der Waals surface area contributed by atoms with Crippen LogP contribution < -0.4 is 4.74 Å². The molecule has 3 nitrogen and oxygen atoms in total. The first-order valence-corrected chi connectivity index (χ1v) is 4.89. The molecule has 0 N–H and O–H groups in total. The monoisotopic (exact) mass is 204 g/mol. The molecule has 2 unspecified atom stereocenters. The second-order valence-electron chi connectivity index (χ2n) is 4.07. The van der Waals surface area contributed by atoms with Gasteiger partial charge < -0.3 is 9.53 Å². The summed E-state index contributed by atoms with van der Waals surface area (Å²) in [5.41, 5.74) is -0.600. The SMILES string of the molecule is CC1(C(=O)Oc2ccccc2)CC1C=O. The predicted molar refractivity (Wildman–Crippen MR) is 54.4 cm³/mol. The molecule has 0 aliphatic heterocycles. The molecule has 0 heterocycles. The maximum Gasteiger partial charge on any atom is 0.317 e. The zero-order valence-corrected chi connectivity index (χ0v) is 8.47. The summed E-state index contributed by atoms with van der Waals surface area (Å²) in [4.78, 5) is 22.2. The molecule has 3 heteroatoms. The molecule has 1 fully saturated rings. The number of benzene rings is 1. The smallest absolute Gasteiger partial charge is 0.317 e. The van der Waals surface area contributed by atoms with E-state index in [4.69, 9.17) is 4.74 Å². The summed E-state index contributed by atoms with van der Waals surface area (Å²) >= 11 is 0. The summed E-state index contributed by atoms with van der Waals surface area (Å²) in [6.45, 7) is 1.76. The van der Waals surface area contributed by atoms with Crippen LogP contribution in [-0.4, -0.2) is 12.3 Å².